The van der Waals surface area contributed by atoms with E-state index in [9.17, 15) is 0 Å². The zero-order valence-electron chi connectivity index (χ0n) is 10.1. The molecule has 4 nitrogen and oxygen atoms in total. The number of pyridine rings is 1. The molecule has 1 unspecified atom stereocenters. The third kappa shape index (κ3) is 4.59. The molecule has 4 heteroatoms. The first kappa shape index (κ1) is 12.9. The van der Waals surface area contributed by atoms with E-state index in [4.69, 9.17) is 15.2 Å². The highest BCUT2D eigenvalue weighted by Crippen LogP contribution is 2.08. The van der Waals surface area contributed by atoms with E-state index in [0.29, 0.717) is 12.5 Å². The van der Waals surface area contributed by atoms with Gasteiger partial charge in [0.25, 0.3) is 0 Å². The van der Waals surface area contributed by atoms with Gasteiger partial charge in [0, 0.05) is 18.3 Å². The summed E-state index contributed by atoms with van der Waals surface area (Å²) >= 11 is 0. The highest BCUT2D eigenvalue weighted by molar-refractivity contribution is 5.18. The van der Waals surface area contributed by atoms with Crippen LogP contribution in [0.5, 0.6) is 5.88 Å². The first-order valence-electron chi connectivity index (χ1n) is 5.48. The molecule has 0 fully saturated rings. The van der Waals surface area contributed by atoms with Crippen LogP contribution in [-0.4, -0.2) is 30.8 Å². The van der Waals surface area contributed by atoms with Gasteiger partial charge in [-0.1, -0.05) is 6.07 Å². The smallest absolute Gasteiger partial charge is 0.212 e. The van der Waals surface area contributed by atoms with Crippen molar-refractivity contribution in [2.75, 3.05) is 13.7 Å². The number of hydrogen-bond acceptors (Lipinski definition) is 4. The van der Waals surface area contributed by atoms with E-state index >= 15 is 0 Å². The minimum absolute atomic E-state index is 0.0117. The summed E-state index contributed by atoms with van der Waals surface area (Å²) in [5.74, 6) is 0.621. The van der Waals surface area contributed by atoms with Gasteiger partial charge in [-0.3, -0.25) is 0 Å². The highest BCUT2D eigenvalue weighted by Gasteiger charge is 2.06. The van der Waals surface area contributed by atoms with Gasteiger partial charge in [0.15, 0.2) is 0 Å². The number of nitrogens with zero attached hydrogens (tertiary/aromatic N) is 1. The number of aromatic nitrogens is 1. The van der Waals surface area contributed by atoms with Crippen LogP contribution in [0, 0.1) is 0 Å². The van der Waals surface area contributed by atoms with Crippen molar-refractivity contribution in [3.8, 4) is 5.88 Å². The van der Waals surface area contributed by atoms with E-state index in [0.717, 1.165) is 12.0 Å². The Labute approximate surface area is 96.8 Å². The maximum absolute atomic E-state index is 5.94. The molecule has 0 radical (unpaired) electrons. The van der Waals surface area contributed by atoms with Crippen LogP contribution in [-0.2, 0) is 11.2 Å². The summed E-state index contributed by atoms with van der Waals surface area (Å²) in [6.07, 6.45) is 2.78. The fourth-order valence-electron chi connectivity index (χ4n) is 1.33. The van der Waals surface area contributed by atoms with Gasteiger partial charge in [-0.25, -0.2) is 4.98 Å². The van der Waals surface area contributed by atoms with E-state index in [1.165, 1.54) is 0 Å². The van der Waals surface area contributed by atoms with Gasteiger partial charge >= 0.3 is 0 Å². The SMILES string of the molecule is COc1ccc(CC(N)COC(C)C)cn1. The van der Waals surface area contributed by atoms with Crippen molar-refractivity contribution in [3.05, 3.63) is 23.9 Å². The number of rotatable bonds is 6. The Morgan fingerprint density at radius 3 is 2.62 bits per heavy atom. The van der Waals surface area contributed by atoms with Gasteiger partial charge in [-0.05, 0) is 25.8 Å². The molecule has 1 heterocycles. The maximum atomic E-state index is 5.94. The van der Waals surface area contributed by atoms with Gasteiger partial charge in [-0.15, -0.1) is 0 Å². The number of nitrogens with two attached hydrogens (primary N) is 1. The number of ether oxygens (including phenoxy) is 2. The Morgan fingerprint density at radius 2 is 2.12 bits per heavy atom. The van der Waals surface area contributed by atoms with Gasteiger partial charge in [-0.2, -0.15) is 0 Å². The van der Waals surface area contributed by atoms with Crippen LogP contribution in [0.15, 0.2) is 18.3 Å². The molecule has 2 N–H and O–H groups in total. The fraction of sp³-hybridized carbons (Fsp3) is 0.583. The van der Waals surface area contributed by atoms with E-state index in [1.54, 1.807) is 13.3 Å². The van der Waals surface area contributed by atoms with Crippen molar-refractivity contribution < 1.29 is 9.47 Å². The highest BCUT2D eigenvalue weighted by atomic mass is 16.5. The van der Waals surface area contributed by atoms with E-state index < -0.39 is 0 Å². The Bertz CT molecular complexity index is 298. The zero-order valence-corrected chi connectivity index (χ0v) is 10.1. The van der Waals surface area contributed by atoms with Crippen LogP contribution >= 0.6 is 0 Å². The predicted octanol–water partition coefficient (Wildman–Crippen LogP) is 1.39. The Morgan fingerprint density at radius 1 is 1.38 bits per heavy atom. The molecule has 0 aliphatic heterocycles. The molecule has 0 aliphatic rings. The lowest BCUT2D eigenvalue weighted by Gasteiger charge is -2.14. The Balaban J connectivity index is 2.40. The molecule has 16 heavy (non-hydrogen) atoms. The first-order chi connectivity index (χ1) is 7.61. The lowest BCUT2D eigenvalue weighted by Crippen LogP contribution is -2.30. The van der Waals surface area contributed by atoms with Crippen molar-refractivity contribution in [1.29, 1.82) is 0 Å². The second-order valence-corrected chi connectivity index (χ2v) is 4.06. The van der Waals surface area contributed by atoms with Crippen molar-refractivity contribution in [1.82, 2.24) is 4.98 Å². The summed E-state index contributed by atoms with van der Waals surface area (Å²) < 4.78 is 10.4. The van der Waals surface area contributed by atoms with Crippen molar-refractivity contribution in [2.24, 2.45) is 5.73 Å². The quantitative estimate of drug-likeness (QED) is 0.793. The molecular formula is C12H20N2O2. The van der Waals surface area contributed by atoms with Gasteiger partial charge in [0.2, 0.25) is 5.88 Å². The average Bonchev–Trinajstić information content (AvgIpc) is 2.27. The topological polar surface area (TPSA) is 57.4 Å². The molecule has 0 bridgehead atoms. The molecule has 1 atom stereocenters. The molecular weight excluding hydrogens is 204 g/mol. The minimum atomic E-state index is 0.0117. The van der Waals surface area contributed by atoms with Gasteiger partial charge in [0.05, 0.1) is 19.8 Å². The summed E-state index contributed by atoms with van der Waals surface area (Å²) in [5.41, 5.74) is 7.04. The zero-order chi connectivity index (χ0) is 12.0. The largest absolute Gasteiger partial charge is 0.481 e. The molecule has 0 aliphatic carbocycles. The molecule has 1 rings (SSSR count). The number of methoxy groups -OCH3 is 1. The molecule has 0 saturated carbocycles. The molecule has 1 aromatic rings. The third-order valence-electron chi connectivity index (χ3n) is 2.15. The second kappa shape index (κ2) is 6.45. The second-order valence-electron chi connectivity index (χ2n) is 4.06. The number of hydrogen-bond donors (Lipinski definition) is 1. The lowest BCUT2D eigenvalue weighted by molar-refractivity contribution is 0.0684. The fourth-order valence-corrected chi connectivity index (χ4v) is 1.33. The molecule has 1 aromatic heterocycles. The summed E-state index contributed by atoms with van der Waals surface area (Å²) in [5, 5.41) is 0. The summed E-state index contributed by atoms with van der Waals surface area (Å²) in [6.45, 7) is 4.58. The normalized spacial score (nSPS) is 12.8. The van der Waals surface area contributed by atoms with Crippen molar-refractivity contribution in [2.45, 2.75) is 32.4 Å². The molecule has 0 saturated heterocycles. The standard InChI is InChI=1S/C12H20N2O2/c1-9(2)16-8-11(13)6-10-4-5-12(15-3)14-7-10/h4-5,7,9,11H,6,8,13H2,1-3H3. The molecule has 0 aromatic carbocycles. The Kier molecular flexibility index (Phi) is 5.22. The van der Waals surface area contributed by atoms with Gasteiger partial charge in [0.1, 0.15) is 0 Å². The van der Waals surface area contributed by atoms with Crippen LogP contribution < -0.4 is 10.5 Å². The monoisotopic (exact) mass is 224 g/mol. The van der Waals surface area contributed by atoms with Crippen molar-refractivity contribution in [3.63, 3.8) is 0 Å². The van der Waals surface area contributed by atoms with E-state index in [-0.39, 0.29) is 12.1 Å². The minimum Gasteiger partial charge on any atom is -0.481 e. The van der Waals surface area contributed by atoms with Crippen LogP contribution in [0.2, 0.25) is 0 Å². The van der Waals surface area contributed by atoms with Gasteiger partial charge < -0.3 is 15.2 Å². The molecule has 90 valence electrons. The summed E-state index contributed by atoms with van der Waals surface area (Å²) in [6, 6.07) is 3.82. The van der Waals surface area contributed by atoms with E-state index in [1.807, 2.05) is 26.0 Å². The first-order valence-corrected chi connectivity index (χ1v) is 5.48. The van der Waals surface area contributed by atoms with Crippen molar-refractivity contribution >= 4 is 0 Å². The van der Waals surface area contributed by atoms with Crippen LogP contribution in [0.25, 0.3) is 0 Å². The average molecular weight is 224 g/mol. The summed E-state index contributed by atoms with van der Waals surface area (Å²) in [4.78, 5) is 4.13. The summed E-state index contributed by atoms with van der Waals surface area (Å²) in [7, 11) is 1.60. The van der Waals surface area contributed by atoms with E-state index in [2.05, 4.69) is 4.98 Å². The lowest BCUT2D eigenvalue weighted by atomic mass is 10.1. The Hall–Kier alpha value is -1.13. The third-order valence-corrected chi connectivity index (χ3v) is 2.15. The van der Waals surface area contributed by atoms with Crippen LogP contribution in [0.4, 0.5) is 0 Å². The molecule has 0 amide bonds. The maximum Gasteiger partial charge on any atom is 0.212 e. The van der Waals surface area contributed by atoms with Crippen LogP contribution in [0.3, 0.4) is 0 Å². The molecule has 0 spiro atoms. The predicted molar refractivity (Wildman–Crippen MR) is 63.6 cm³/mol. The van der Waals surface area contributed by atoms with Crippen LogP contribution in [0.1, 0.15) is 19.4 Å².